The van der Waals surface area contributed by atoms with E-state index in [-0.39, 0.29) is 12.2 Å². The number of carbonyl (C=O) groups excluding carboxylic acids is 2. The van der Waals surface area contributed by atoms with E-state index in [2.05, 4.69) is 16.0 Å². The SMILES string of the molecule is O=C(CNC(=O)NCc1ccccc1)Nc1cc(F)cc(F)c1. The fourth-order valence-electron chi connectivity index (χ4n) is 1.83. The van der Waals surface area contributed by atoms with Crippen LogP contribution >= 0.6 is 0 Å². The maximum absolute atomic E-state index is 13.0. The minimum atomic E-state index is -0.797. The van der Waals surface area contributed by atoms with Crippen LogP contribution in [0.3, 0.4) is 0 Å². The van der Waals surface area contributed by atoms with Gasteiger partial charge in [-0.1, -0.05) is 30.3 Å². The molecule has 0 heterocycles. The summed E-state index contributed by atoms with van der Waals surface area (Å²) in [5.41, 5.74) is 0.904. The summed E-state index contributed by atoms with van der Waals surface area (Å²) in [5.74, 6) is -2.19. The van der Waals surface area contributed by atoms with Gasteiger partial charge in [0.05, 0.1) is 6.54 Å². The first-order valence-electron chi connectivity index (χ1n) is 6.84. The minimum Gasteiger partial charge on any atom is -0.334 e. The largest absolute Gasteiger partial charge is 0.334 e. The van der Waals surface area contributed by atoms with Gasteiger partial charge in [0.1, 0.15) is 11.6 Å². The number of rotatable bonds is 5. The highest BCUT2D eigenvalue weighted by Gasteiger charge is 2.07. The second-order valence-corrected chi connectivity index (χ2v) is 4.73. The lowest BCUT2D eigenvalue weighted by Gasteiger charge is -2.09. The van der Waals surface area contributed by atoms with Crippen LogP contribution in [-0.2, 0) is 11.3 Å². The van der Waals surface area contributed by atoms with Gasteiger partial charge in [0, 0.05) is 18.3 Å². The Morgan fingerprint density at radius 2 is 1.57 bits per heavy atom. The van der Waals surface area contributed by atoms with E-state index in [4.69, 9.17) is 0 Å². The highest BCUT2D eigenvalue weighted by molar-refractivity contribution is 5.94. The lowest BCUT2D eigenvalue weighted by Crippen LogP contribution is -2.39. The number of nitrogens with one attached hydrogen (secondary N) is 3. The molecule has 23 heavy (non-hydrogen) atoms. The van der Waals surface area contributed by atoms with Crippen LogP contribution in [0.5, 0.6) is 0 Å². The maximum Gasteiger partial charge on any atom is 0.315 e. The summed E-state index contributed by atoms with van der Waals surface area (Å²) in [6, 6.07) is 11.4. The second kappa shape index (κ2) is 7.88. The van der Waals surface area contributed by atoms with Crippen molar-refractivity contribution >= 4 is 17.6 Å². The predicted octanol–water partition coefficient (Wildman–Crippen LogP) is 2.40. The molecule has 7 heteroatoms. The molecule has 3 amide bonds. The fourth-order valence-corrected chi connectivity index (χ4v) is 1.83. The molecule has 0 atom stereocenters. The summed E-state index contributed by atoms with van der Waals surface area (Å²) in [6.45, 7) is 0.00214. The van der Waals surface area contributed by atoms with Gasteiger partial charge >= 0.3 is 6.03 Å². The smallest absolute Gasteiger partial charge is 0.315 e. The van der Waals surface area contributed by atoms with Crippen LogP contribution in [0, 0.1) is 11.6 Å². The molecule has 0 radical (unpaired) electrons. The topological polar surface area (TPSA) is 70.2 Å². The number of benzene rings is 2. The zero-order valence-corrected chi connectivity index (χ0v) is 12.1. The van der Waals surface area contributed by atoms with E-state index in [0.717, 1.165) is 17.7 Å². The van der Waals surface area contributed by atoms with Crippen molar-refractivity contribution in [3.05, 3.63) is 65.7 Å². The van der Waals surface area contributed by atoms with E-state index in [1.807, 2.05) is 30.3 Å². The average Bonchev–Trinajstić information content (AvgIpc) is 2.51. The zero-order chi connectivity index (χ0) is 16.7. The molecule has 0 aliphatic rings. The number of carbonyl (C=O) groups is 2. The Balaban J connectivity index is 1.74. The van der Waals surface area contributed by atoms with Gasteiger partial charge in [-0.05, 0) is 17.7 Å². The molecule has 120 valence electrons. The molecule has 0 spiro atoms. The van der Waals surface area contributed by atoms with Gasteiger partial charge in [-0.2, -0.15) is 0 Å². The van der Waals surface area contributed by atoms with E-state index in [0.29, 0.717) is 12.6 Å². The van der Waals surface area contributed by atoms with Crippen molar-refractivity contribution in [1.82, 2.24) is 10.6 Å². The third-order valence-corrected chi connectivity index (χ3v) is 2.85. The van der Waals surface area contributed by atoms with Crippen molar-refractivity contribution in [3.8, 4) is 0 Å². The zero-order valence-electron chi connectivity index (χ0n) is 12.1. The number of amides is 3. The number of hydrogen-bond acceptors (Lipinski definition) is 2. The molecule has 3 N–H and O–H groups in total. The quantitative estimate of drug-likeness (QED) is 0.792. The van der Waals surface area contributed by atoms with E-state index < -0.39 is 23.6 Å². The van der Waals surface area contributed by atoms with Crippen molar-refractivity contribution in [2.75, 3.05) is 11.9 Å². The summed E-state index contributed by atoms with van der Waals surface area (Å²) >= 11 is 0. The minimum absolute atomic E-state index is 0.0148. The molecule has 5 nitrogen and oxygen atoms in total. The van der Waals surface area contributed by atoms with Crippen molar-refractivity contribution in [3.63, 3.8) is 0 Å². The molecule has 0 fully saturated rings. The monoisotopic (exact) mass is 319 g/mol. The molecular formula is C16H15F2N3O2. The normalized spacial score (nSPS) is 10.0. The molecule has 2 rings (SSSR count). The Kier molecular flexibility index (Phi) is 5.62. The van der Waals surface area contributed by atoms with E-state index in [1.165, 1.54) is 0 Å². The average molecular weight is 319 g/mol. The van der Waals surface area contributed by atoms with Gasteiger partial charge in [0.2, 0.25) is 5.91 Å². The van der Waals surface area contributed by atoms with Crippen LogP contribution in [0.15, 0.2) is 48.5 Å². The van der Waals surface area contributed by atoms with Gasteiger partial charge in [0.15, 0.2) is 0 Å². The van der Waals surface area contributed by atoms with E-state index >= 15 is 0 Å². The molecular weight excluding hydrogens is 304 g/mol. The highest BCUT2D eigenvalue weighted by Crippen LogP contribution is 2.12. The lowest BCUT2D eigenvalue weighted by molar-refractivity contribution is -0.115. The maximum atomic E-state index is 13.0. The highest BCUT2D eigenvalue weighted by atomic mass is 19.1. The van der Waals surface area contributed by atoms with Crippen molar-refractivity contribution in [1.29, 1.82) is 0 Å². The van der Waals surface area contributed by atoms with Crippen LogP contribution in [-0.4, -0.2) is 18.5 Å². The molecule has 2 aromatic rings. The second-order valence-electron chi connectivity index (χ2n) is 4.73. The standard InChI is InChI=1S/C16H15F2N3O2/c17-12-6-13(18)8-14(7-12)21-15(22)10-20-16(23)19-9-11-4-2-1-3-5-11/h1-8H,9-10H2,(H,21,22)(H2,19,20,23). The first-order chi connectivity index (χ1) is 11.0. The Morgan fingerprint density at radius 3 is 2.22 bits per heavy atom. The summed E-state index contributed by atoms with van der Waals surface area (Å²) in [5, 5.41) is 7.23. The molecule has 0 aliphatic carbocycles. The summed E-state index contributed by atoms with van der Waals surface area (Å²) in [6.07, 6.45) is 0. The Bertz CT molecular complexity index is 673. The summed E-state index contributed by atoms with van der Waals surface area (Å²) in [4.78, 5) is 23.2. The van der Waals surface area contributed by atoms with Gasteiger partial charge in [-0.25, -0.2) is 13.6 Å². The van der Waals surface area contributed by atoms with E-state index in [9.17, 15) is 18.4 Å². The van der Waals surface area contributed by atoms with Gasteiger partial charge in [-0.3, -0.25) is 4.79 Å². The summed E-state index contributed by atoms with van der Waals surface area (Å²) < 4.78 is 26.0. The first kappa shape index (κ1) is 16.4. The fraction of sp³-hybridized carbons (Fsp3) is 0.125. The van der Waals surface area contributed by atoms with Gasteiger partial charge < -0.3 is 16.0 Å². The third kappa shape index (κ3) is 5.74. The van der Waals surface area contributed by atoms with Crippen LogP contribution < -0.4 is 16.0 Å². The lowest BCUT2D eigenvalue weighted by atomic mass is 10.2. The number of halogens is 2. The first-order valence-corrected chi connectivity index (χ1v) is 6.84. The molecule has 0 aromatic heterocycles. The molecule has 0 saturated heterocycles. The van der Waals surface area contributed by atoms with Gasteiger partial charge in [-0.15, -0.1) is 0 Å². The van der Waals surface area contributed by atoms with Gasteiger partial charge in [0.25, 0.3) is 0 Å². The van der Waals surface area contributed by atoms with Crippen molar-refractivity contribution in [2.24, 2.45) is 0 Å². The van der Waals surface area contributed by atoms with Crippen molar-refractivity contribution < 1.29 is 18.4 Å². The van der Waals surface area contributed by atoms with E-state index in [1.54, 1.807) is 0 Å². The number of anilines is 1. The molecule has 2 aromatic carbocycles. The number of urea groups is 1. The summed E-state index contributed by atoms with van der Waals surface area (Å²) in [7, 11) is 0. The number of hydrogen-bond donors (Lipinski definition) is 3. The molecule has 0 bridgehead atoms. The Labute approximate surface area is 131 Å². The predicted molar refractivity (Wildman–Crippen MR) is 81.7 cm³/mol. The van der Waals surface area contributed by atoms with Crippen LogP contribution in [0.4, 0.5) is 19.3 Å². The molecule has 0 saturated carbocycles. The third-order valence-electron chi connectivity index (χ3n) is 2.85. The Morgan fingerprint density at radius 1 is 0.913 bits per heavy atom. The van der Waals surface area contributed by atoms with Crippen LogP contribution in [0.25, 0.3) is 0 Å². The molecule has 0 aliphatic heterocycles. The van der Waals surface area contributed by atoms with Crippen molar-refractivity contribution in [2.45, 2.75) is 6.54 Å². The molecule has 0 unspecified atom stereocenters. The van der Waals surface area contributed by atoms with Crippen LogP contribution in [0.1, 0.15) is 5.56 Å². The van der Waals surface area contributed by atoms with Crippen LogP contribution in [0.2, 0.25) is 0 Å². The Hall–Kier alpha value is -2.96.